The van der Waals surface area contributed by atoms with E-state index in [2.05, 4.69) is 18.7 Å². The zero-order valence-electron chi connectivity index (χ0n) is 13.5. The Bertz CT molecular complexity index is 333. The molecule has 0 aromatic carbocycles. The molecule has 1 spiro atoms. The van der Waals surface area contributed by atoms with Crippen molar-refractivity contribution in [3.63, 3.8) is 0 Å². The molecule has 2 saturated heterocycles. The highest BCUT2D eigenvalue weighted by atomic mass is 16.5. The van der Waals surface area contributed by atoms with Gasteiger partial charge in [-0.15, -0.1) is 0 Å². The van der Waals surface area contributed by atoms with Crippen molar-refractivity contribution in [3.8, 4) is 0 Å². The fraction of sp³-hybridized carbons (Fsp3) is 0.938. The lowest BCUT2D eigenvalue weighted by Gasteiger charge is -2.48. The summed E-state index contributed by atoms with van der Waals surface area (Å²) in [6.07, 6.45) is 1.97. The molecule has 0 aliphatic carbocycles. The van der Waals surface area contributed by atoms with Crippen LogP contribution in [0.4, 0.5) is 0 Å². The van der Waals surface area contributed by atoms with E-state index in [1.54, 1.807) is 0 Å². The topological polar surface area (TPSA) is 32.8 Å². The van der Waals surface area contributed by atoms with Crippen LogP contribution in [0.2, 0.25) is 0 Å². The van der Waals surface area contributed by atoms with Crippen molar-refractivity contribution in [1.29, 1.82) is 0 Å². The van der Waals surface area contributed by atoms with E-state index in [4.69, 9.17) is 4.74 Å². The molecule has 2 aliphatic rings. The van der Waals surface area contributed by atoms with Gasteiger partial charge in [-0.3, -0.25) is 9.69 Å². The SMILES string of the molecule is CC(C)CN1CCOC2(CCN(C(=O)C(C)C)CC2)C1. The van der Waals surface area contributed by atoms with Crippen LogP contribution in [-0.2, 0) is 9.53 Å². The normalized spacial score (nSPS) is 23.8. The van der Waals surface area contributed by atoms with Crippen molar-refractivity contribution in [1.82, 2.24) is 9.80 Å². The van der Waals surface area contributed by atoms with Crippen molar-refractivity contribution in [2.24, 2.45) is 11.8 Å². The van der Waals surface area contributed by atoms with Gasteiger partial charge in [0.2, 0.25) is 5.91 Å². The summed E-state index contributed by atoms with van der Waals surface area (Å²) in [6.45, 7) is 14.3. The Morgan fingerprint density at radius 2 is 1.80 bits per heavy atom. The number of piperidine rings is 1. The second-order valence-corrected chi connectivity index (χ2v) is 7.14. The second-order valence-electron chi connectivity index (χ2n) is 7.14. The maximum absolute atomic E-state index is 12.1. The summed E-state index contributed by atoms with van der Waals surface area (Å²) in [5.74, 6) is 1.09. The Kier molecular flexibility index (Phi) is 5.08. The van der Waals surface area contributed by atoms with Crippen LogP contribution in [0.25, 0.3) is 0 Å². The van der Waals surface area contributed by atoms with Gasteiger partial charge in [-0.05, 0) is 18.8 Å². The largest absolute Gasteiger partial charge is 0.372 e. The first kappa shape index (κ1) is 15.8. The lowest BCUT2D eigenvalue weighted by atomic mass is 9.88. The molecule has 0 N–H and O–H groups in total. The van der Waals surface area contributed by atoms with Crippen molar-refractivity contribution in [2.45, 2.75) is 46.1 Å². The first-order valence-electron chi connectivity index (χ1n) is 8.07. The van der Waals surface area contributed by atoms with E-state index in [0.29, 0.717) is 5.92 Å². The second kappa shape index (κ2) is 6.44. The number of carbonyl (C=O) groups is 1. The highest BCUT2D eigenvalue weighted by Crippen LogP contribution is 2.30. The van der Waals surface area contributed by atoms with E-state index in [-0.39, 0.29) is 17.4 Å². The molecule has 0 saturated carbocycles. The Labute approximate surface area is 123 Å². The molecule has 2 fully saturated rings. The maximum atomic E-state index is 12.1. The average molecular weight is 282 g/mol. The number of morpholine rings is 1. The zero-order chi connectivity index (χ0) is 14.8. The lowest BCUT2D eigenvalue weighted by Crippen LogP contribution is -2.58. The number of carbonyl (C=O) groups excluding carboxylic acids is 1. The average Bonchev–Trinajstić information content (AvgIpc) is 2.38. The highest BCUT2D eigenvalue weighted by Gasteiger charge is 2.40. The standard InChI is InChI=1S/C16H30N2O2/c1-13(2)11-17-9-10-20-16(12-17)5-7-18(8-6-16)15(19)14(3)4/h13-14H,5-12H2,1-4H3. The van der Waals surface area contributed by atoms with Crippen LogP contribution < -0.4 is 0 Å². The Morgan fingerprint density at radius 1 is 1.15 bits per heavy atom. The number of hydrogen-bond acceptors (Lipinski definition) is 3. The number of ether oxygens (including phenoxy) is 1. The van der Waals surface area contributed by atoms with E-state index in [9.17, 15) is 4.79 Å². The van der Waals surface area contributed by atoms with E-state index < -0.39 is 0 Å². The van der Waals surface area contributed by atoms with Crippen molar-refractivity contribution < 1.29 is 9.53 Å². The molecule has 0 bridgehead atoms. The molecule has 20 heavy (non-hydrogen) atoms. The van der Waals surface area contributed by atoms with Crippen molar-refractivity contribution in [3.05, 3.63) is 0 Å². The predicted octanol–water partition coefficient (Wildman–Crippen LogP) is 1.99. The highest BCUT2D eigenvalue weighted by molar-refractivity contribution is 5.78. The van der Waals surface area contributed by atoms with E-state index >= 15 is 0 Å². The fourth-order valence-electron chi connectivity index (χ4n) is 3.40. The minimum absolute atomic E-state index is 0.000892. The summed E-state index contributed by atoms with van der Waals surface area (Å²) in [4.78, 5) is 16.6. The lowest BCUT2D eigenvalue weighted by molar-refractivity contribution is -0.153. The van der Waals surface area contributed by atoms with Crippen molar-refractivity contribution in [2.75, 3.05) is 39.3 Å². The molecule has 4 heteroatoms. The van der Waals surface area contributed by atoms with Gasteiger partial charge in [0.25, 0.3) is 0 Å². The molecule has 116 valence electrons. The van der Waals surface area contributed by atoms with Gasteiger partial charge in [-0.25, -0.2) is 0 Å². The van der Waals surface area contributed by atoms with Crippen LogP contribution in [0, 0.1) is 11.8 Å². The molecule has 0 aromatic heterocycles. The summed E-state index contributed by atoms with van der Waals surface area (Å²) in [6, 6.07) is 0. The fourth-order valence-corrected chi connectivity index (χ4v) is 3.40. The van der Waals surface area contributed by atoms with E-state index in [0.717, 1.165) is 52.2 Å². The van der Waals surface area contributed by atoms with Gasteiger partial charge >= 0.3 is 0 Å². The minimum atomic E-state index is 0.000892. The summed E-state index contributed by atoms with van der Waals surface area (Å²) in [5, 5.41) is 0. The molecule has 0 atom stereocenters. The monoisotopic (exact) mass is 282 g/mol. The zero-order valence-corrected chi connectivity index (χ0v) is 13.5. The number of nitrogens with zero attached hydrogens (tertiary/aromatic N) is 2. The van der Waals surface area contributed by atoms with Gasteiger partial charge in [0.1, 0.15) is 0 Å². The third kappa shape index (κ3) is 3.73. The first-order valence-corrected chi connectivity index (χ1v) is 8.07. The predicted molar refractivity (Wildman–Crippen MR) is 80.6 cm³/mol. The molecular weight excluding hydrogens is 252 g/mol. The van der Waals surface area contributed by atoms with Gasteiger partial charge in [-0.2, -0.15) is 0 Å². The Morgan fingerprint density at radius 3 is 2.35 bits per heavy atom. The summed E-state index contributed by atoms with van der Waals surface area (Å²) >= 11 is 0. The van der Waals surface area contributed by atoms with Crippen LogP contribution in [-0.4, -0.2) is 60.6 Å². The molecule has 2 aliphatic heterocycles. The number of amides is 1. The van der Waals surface area contributed by atoms with Gasteiger partial charge in [0, 0.05) is 38.6 Å². The summed E-state index contributed by atoms with van der Waals surface area (Å²) in [7, 11) is 0. The van der Waals surface area contributed by atoms with Crippen LogP contribution in [0.15, 0.2) is 0 Å². The van der Waals surface area contributed by atoms with Crippen LogP contribution in [0.1, 0.15) is 40.5 Å². The molecular formula is C16H30N2O2. The van der Waals surface area contributed by atoms with Crippen molar-refractivity contribution >= 4 is 5.91 Å². The summed E-state index contributed by atoms with van der Waals surface area (Å²) in [5.41, 5.74) is 0.000892. The van der Waals surface area contributed by atoms with Gasteiger partial charge in [0.05, 0.1) is 12.2 Å². The van der Waals surface area contributed by atoms with Crippen LogP contribution in [0.5, 0.6) is 0 Å². The summed E-state index contributed by atoms with van der Waals surface area (Å²) < 4.78 is 6.13. The number of hydrogen-bond donors (Lipinski definition) is 0. The van der Waals surface area contributed by atoms with Gasteiger partial charge in [-0.1, -0.05) is 27.7 Å². The third-order valence-corrected chi connectivity index (χ3v) is 4.43. The smallest absolute Gasteiger partial charge is 0.225 e. The molecule has 2 heterocycles. The first-order chi connectivity index (χ1) is 9.42. The Hall–Kier alpha value is -0.610. The molecule has 0 unspecified atom stereocenters. The van der Waals surface area contributed by atoms with E-state index in [1.807, 2.05) is 18.7 Å². The number of likely N-dealkylation sites (tertiary alicyclic amines) is 1. The Balaban J connectivity index is 1.89. The van der Waals surface area contributed by atoms with Gasteiger partial charge < -0.3 is 9.64 Å². The number of rotatable bonds is 3. The minimum Gasteiger partial charge on any atom is -0.372 e. The molecule has 0 radical (unpaired) electrons. The molecule has 0 aromatic rings. The maximum Gasteiger partial charge on any atom is 0.225 e. The molecule has 1 amide bonds. The quantitative estimate of drug-likeness (QED) is 0.793. The van der Waals surface area contributed by atoms with Crippen LogP contribution >= 0.6 is 0 Å². The van der Waals surface area contributed by atoms with Gasteiger partial charge in [0.15, 0.2) is 0 Å². The molecule has 4 nitrogen and oxygen atoms in total. The van der Waals surface area contributed by atoms with E-state index in [1.165, 1.54) is 0 Å². The third-order valence-electron chi connectivity index (χ3n) is 4.43. The van der Waals surface area contributed by atoms with Crippen LogP contribution in [0.3, 0.4) is 0 Å². The molecule has 2 rings (SSSR count).